The summed E-state index contributed by atoms with van der Waals surface area (Å²) in [6, 6.07) is 2.99. The molecule has 8 heteroatoms. The molecule has 2 aliphatic heterocycles. The van der Waals surface area contributed by atoms with Crippen LogP contribution >= 0.6 is 11.6 Å². The molecule has 26 heavy (non-hydrogen) atoms. The molecular weight excluding hydrogens is 374 g/mol. The minimum absolute atomic E-state index is 0.0291. The molecule has 0 aliphatic carbocycles. The predicted molar refractivity (Wildman–Crippen MR) is 104 cm³/mol. The quantitative estimate of drug-likeness (QED) is 0.839. The molecule has 2 aliphatic rings. The lowest BCUT2D eigenvalue weighted by Gasteiger charge is -2.30. The van der Waals surface area contributed by atoms with E-state index in [1.807, 2.05) is 18.7 Å². The summed E-state index contributed by atoms with van der Waals surface area (Å²) < 4.78 is 29.3. The second-order valence-corrected chi connectivity index (χ2v) is 8.71. The van der Waals surface area contributed by atoms with E-state index in [4.69, 9.17) is 11.6 Å². The van der Waals surface area contributed by atoms with E-state index in [-0.39, 0.29) is 27.4 Å². The van der Waals surface area contributed by atoms with Crippen molar-refractivity contribution in [1.29, 1.82) is 0 Å². The molecule has 0 radical (unpaired) electrons. The number of hydrogen-bond donors (Lipinski definition) is 1. The lowest BCUT2D eigenvalue weighted by Crippen LogP contribution is -2.36. The fourth-order valence-corrected chi connectivity index (χ4v) is 4.94. The zero-order valence-electron chi connectivity index (χ0n) is 15.1. The molecular formula is C18H24ClN3O3S. The minimum atomic E-state index is -3.83. The number of sulfonamides is 1. The van der Waals surface area contributed by atoms with Crippen molar-refractivity contribution in [2.45, 2.75) is 63.3 Å². The molecule has 1 N–H and O–H groups in total. The van der Waals surface area contributed by atoms with Crippen LogP contribution in [-0.4, -0.2) is 32.7 Å². The van der Waals surface area contributed by atoms with Gasteiger partial charge in [0.2, 0.25) is 0 Å². The van der Waals surface area contributed by atoms with Gasteiger partial charge < -0.3 is 10.2 Å². The molecule has 2 heterocycles. The third-order valence-corrected chi connectivity index (χ3v) is 6.65. The van der Waals surface area contributed by atoms with Gasteiger partial charge in [0.1, 0.15) is 10.7 Å². The second-order valence-electron chi connectivity index (χ2n) is 6.73. The van der Waals surface area contributed by atoms with E-state index in [9.17, 15) is 13.2 Å². The molecule has 6 nitrogen and oxygen atoms in total. The smallest absolute Gasteiger partial charge is 0.286 e. The molecule has 1 amide bonds. The van der Waals surface area contributed by atoms with Crippen LogP contribution < -0.4 is 10.2 Å². The van der Waals surface area contributed by atoms with E-state index < -0.39 is 10.0 Å². The molecule has 3 rings (SSSR count). The lowest BCUT2D eigenvalue weighted by atomic mass is 10.1. The first-order chi connectivity index (χ1) is 12.4. The average Bonchev–Trinajstić information content (AvgIpc) is 2.83. The van der Waals surface area contributed by atoms with E-state index >= 15 is 0 Å². The van der Waals surface area contributed by atoms with Crippen LogP contribution in [-0.2, 0) is 10.0 Å². The molecule has 142 valence electrons. The van der Waals surface area contributed by atoms with Crippen molar-refractivity contribution < 1.29 is 13.2 Å². The maximum atomic E-state index is 12.7. The van der Waals surface area contributed by atoms with Gasteiger partial charge in [-0.1, -0.05) is 31.9 Å². The monoisotopic (exact) mass is 397 g/mol. The number of anilines is 1. The van der Waals surface area contributed by atoms with E-state index in [1.165, 1.54) is 6.07 Å². The van der Waals surface area contributed by atoms with Gasteiger partial charge >= 0.3 is 0 Å². The van der Waals surface area contributed by atoms with Crippen LogP contribution in [0.5, 0.6) is 0 Å². The highest BCUT2D eigenvalue weighted by Gasteiger charge is 2.33. The number of nitrogens with one attached hydrogen (secondary N) is 1. The van der Waals surface area contributed by atoms with Gasteiger partial charge in [-0.15, -0.1) is 4.40 Å². The Labute approximate surface area is 159 Å². The van der Waals surface area contributed by atoms with Crippen molar-refractivity contribution in [3.8, 4) is 0 Å². The summed E-state index contributed by atoms with van der Waals surface area (Å²) in [5.41, 5.74) is 0.704. The minimum Gasteiger partial charge on any atom is -0.349 e. The first kappa shape index (κ1) is 19.2. The van der Waals surface area contributed by atoms with E-state index in [0.29, 0.717) is 24.5 Å². The van der Waals surface area contributed by atoms with Crippen molar-refractivity contribution in [2.24, 2.45) is 4.40 Å². The standard InChI is InChI=1S/C18H24ClN3O3S/c1-3-12(4-2)20-18(23)13-10-16-15(11-14(13)19)22-9-7-5-6-8-17(22)21-26(16,24)25/h10-12H,3-9H2,1-2H3,(H,20,23). The molecule has 0 unspecified atom stereocenters. The number of rotatable bonds is 4. The fourth-order valence-electron chi connectivity index (χ4n) is 3.43. The summed E-state index contributed by atoms with van der Waals surface area (Å²) in [4.78, 5) is 14.6. The highest BCUT2D eigenvalue weighted by atomic mass is 35.5. The second kappa shape index (κ2) is 7.56. The van der Waals surface area contributed by atoms with Gasteiger partial charge in [0.15, 0.2) is 0 Å². The summed E-state index contributed by atoms with van der Waals surface area (Å²) in [6.07, 6.45) is 5.15. The third-order valence-electron chi connectivity index (χ3n) is 5.00. The Bertz CT molecular complexity index is 847. The van der Waals surface area contributed by atoms with Crippen molar-refractivity contribution in [3.05, 3.63) is 22.7 Å². The van der Waals surface area contributed by atoms with E-state index in [1.54, 1.807) is 6.07 Å². The van der Waals surface area contributed by atoms with Gasteiger partial charge in [0.25, 0.3) is 15.9 Å². The van der Waals surface area contributed by atoms with Gasteiger partial charge in [-0.2, -0.15) is 8.42 Å². The molecule has 1 aromatic carbocycles. The van der Waals surface area contributed by atoms with Crippen LogP contribution in [0.15, 0.2) is 21.4 Å². The van der Waals surface area contributed by atoms with Gasteiger partial charge in [0, 0.05) is 19.0 Å². The average molecular weight is 398 g/mol. The third kappa shape index (κ3) is 3.60. The summed E-state index contributed by atoms with van der Waals surface area (Å²) >= 11 is 6.37. The van der Waals surface area contributed by atoms with Crippen molar-refractivity contribution in [2.75, 3.05) is 11.4 Å². The number of carbonyl (C=O) groups excluding carboxylic acids is 1. The molecule has 0 saturated carbocycles. The number of amides is 1. The van der Waals surface area contributed by atoms with Gasteiger partial charge in [-0.3, -0.25) is 4.79 Å². The highest BCUT2D eigenvalue weighted by molar-refractivity contribution is 7.90. The van der Waals surface area contributed by atoms with Crippen molar-refractivity contribution >= 4 is 39.1 Å². The zero-order valence-corrected chi connectivity index (χ0v) is 16.7. The SMILES string of the molecule is CCC(CC)NC(=O)c1cc2c(cc1Cl)N1CCCCCC1=NS2(=O)=O. The van der Waals surface area contributed by atoms with Gasteiger partial charge in [-0.25, -0.2) is 0 Å². The van der Waals surface area contributed by atoms with Crippen LogP contribution in [0.25, 0.3) is 0 Å². The normalized spacial score (nSPS) is 18.6. The number of hydrogen-bond acceptors (Lipinski definition) is 4. The Morgan fingerprint density at radius 2 is 2.00 bits per heavy atom. The largest absolute Gasteiger partial charge is 0.349 e. The summed E-state index contributed by atoms with van der Waals surface area (Å²) in [5, 5.41) is 3.16. The Morgan fingerprint density at radius 3 is 2.69 bits per heavy atom. The fraction of sp³-hybridized carbons (Fsp3) is 0.556. The number of amidine groups is 1. The summed E-state index contributed by atoms with van der Waals surface area (Å²) in [5.74, 6) is 0.215. The highest BCUT2D eigenvalue weighted by Crippen LogP contribution is 2.37. The molecule has 1 aromatic rings. The van der Waals surface area contributed by atoms with Crippen LogP contribution in [0.2, 0.25) is 5.02 Å². The molecule has 1 fully saturated rings. The summed E-state index contributed by atoms with van der Waals surface area (Å²) in [6.45, 7) is 4.68. The number of carbonyl (C=O) groups is 1. The van der Waals surface area contributed by atoms with Crippen LogP contribution in [0.4, 0.5) is 5.69 Å². The maximum absolute atomic E-state index is 12.7. The van der Waals surface area contributed by atoms with E-state index in [0.717, 1.165) is 32.1 Å². The Morgan fingerprint density at radius 1 is 1.27 bits per heavy atom. The van der Waals surface area contributed by atoms with Crippen LogP contribution in [0.3, 0.4) is 0 Å². The topological polar surface area (TPSA) is 78.8 Å². The molecule has 0 atom stereocenters. The lowest BCUT2D eigenvalue weighted by molar-refractivity contribution is 0.0935. The zero-order chi connectivity index (χ0) is 18.9. The number of fused-ring (bicyclic) bond motifs is 3. The van der Waals surface area contributed by atoms with Crippen molar-refractivity contribution in [1.82, 2.24) is 5.32 Å². The van der Waals surface area contributed by atoms with E-state index in [2.05, 4.69) is 9.71 Å². The van der Waals surface area contributed by atoms with Gasteiger partial charge in [-0.05, 0) is 37.8 Å². The van der Waals surface area contributed by atoms with Gasteiger partial charge in [0.05, 0.1) is 16.3 Å². The van der Waals surface area contributed by atoms with Crippen molar-refractivity contribution in [3.63, 3.8) is 0 Å². The Balaban J connectivity index is 2.04. The molecule has 0 aromatic heterocycles. The first-order valence-electron chi connectivity index (χ1n) is 9.13. The predicted octanol–water partition coefficient (Wildman–Crippen LogP) is 3.74. The van der Waals surface area contributed by atoms with Crippen LogP contribution in [0, 0.1) is 0 Å². The molecule has 0 bridgehead atoms. The van der Waals surface area contributed by atoms with Crippen LogP contribution in [0.1, 0.15) is 62.7 Å². The number of halogens is 1. The molecule has 0 spiro atoms. The molecule has 1 saturated heterocycles. The number of nitrogens with zero attached hydrogens (tertiary/aromatic N) is 2. The summed E-state index contributed by atoms with van der Waals surface area (Å²) in [7, 11) is -3.83. The Kier molecular flexibility index (Phi) is 5.58. The first-order valence-corrected chi connectivity index (χ1v) is 10.9. The Hall–Kier alpha value is -1.60. The number of benzene rings is 1. The maximum Gasteiger partial charge on any atom is 0.286 e.